The number of carbonyl (C=O) groups is 2. The molecule has 0 spiro atoms. The quantitative estimate of drug-likeness (QED) is 0.671. The Morgan fingerprint density at radius 1 is 1.15 bits per heavy atom. The molecule has 0 aliphatic rings. The molecule has 6 heteroatoms. The van der Waals surface area contributed by atoms with E-state index in [0.717, 1.165) is 27.0 Å². The number of rotatable bonds is 7. The third kappa shape index (κ3) is 6.37. The van der Waals surface area contributed by atoms with Crippen molar-refractivity contribution in [3.05, 3.63) is 64.1 Å². The second kappa shape index (κ2) is 9.77. The van der Waals surface area contributed by atoms with Crippen molar-refractivity contribution >= 4 is 39.5 Å². The highest BCUT2D eigenvalue weighted by atomic mass is 79.9. The molecule has 0 bridgehead atoms. The molecule has 5 nitrogen and oxygen atoms in total. The van der Waals surface area contributed by atoms with Gasteiger partial charge in [0.2, 0.25) is 11.8 Å². The monoisotopic (exact) mass is 416 g/mol. The number of ether oxygens (including phenoxy) is 1. The van der Waals surface area contributed by atoms with Crippen LogP contribution in [-0.4, -0.2) is 25.5 Å². The zero-order valence-electron chi connectivity index (χ0n) is 14.7. The molecule has 2 aromatic rings. The van der Waals surface area contributed by atoms with E-state index >= 15 is 0 Å². The number of anilines is 1. The summed E-state index contributed by atoms with van der Waals surface area (Å²) in [6.45, 7) is 2.19. The van der Waals surface area contributed by atoms with E-state index in [1.54, 1.807) is 13.2 Å². The lowest BCUT2D eigenvalue weighted by molar-refractivity contribution is -0.117. The highest BCUT2D eigenvalue weighted by Crippen LogP contribution is 2.20. The molecule has 0 radical (unpaired) electrons. The Bertz CT molecular complexity index is 801. The molecule has 0 heterocycles. The first-order chi connectivity index (χ1) is 12.5. The van der Waals surface area contributed by atoms with Gasteiger partial charge in [-0.05, 0) is 54.5 Å². The van der Waals surface area contributed by atoms with E-state index in [2.05, 4.69) is 26.6 Å². The molecule has 0 atom stereocenters. The maximum Gasteiger partial charge on any atom is 0.244 e. The van der Waals surface area contributed by atoms with E-state index in [9.17, 15) is 9.59 Å². The van der Waals surface area contributed by atoms with Gasteiger partial charge in [-0.2, -0.15) is 0 Å². The predicted octanol–water partition coefficient (Wildman–Crippen LogP) is 3.92. The van der Waals surface area contributed by atoms with Crippen LogP contribution in [-0.2, 0) is 9.59 Å². The van der Waals surface area contributed by atoms with Crippen molar-refractivity contribution in [3.63, 3.8) is 0 Å². The summed E-state index contributed by atoms with van der Waals surface area (Å²) in [4.78, 5) is 23.8. The molecule has 0 unspecified atom stereocenters. The van der Waals surface area contributed by atoms with Crippen LogP contribution >= 0.6 is 15.9 Å². The molecule has 26 heavy (non-hydrogen) atoms. The van der Waals surface area contributed by atoms with Crippen molar-refractivity contribution in [3.8, 4) is 5.75 Å². The molecular weight excluding hydrogens is 396 g/mol. The SMILES string of the molecule is COc1ccc(/C=C/C(=O)NCCC(=O)Nc2ccc(Br)cc2C)cc1. The van der Waals surface area contributed by atoms with Gasteiger partial charge in [-0.15, -0.1) is 0 Å². The lowest BCUT2D eigenvalue weighted by Crippen LogP contribution is -2.26. The Morgan fingerprint density at radius 3 is 2.54 bits per heavy atom. The summed E-state index contributed by atoms with van der Waals surface area (Å²) < 4.78 is 6.04. The van der Waals surface area contributed by atoms with Crippen LogP contribution in [0.1, 0.15) is 17.5 Å². The molecule has 2 aromatic carbocycles. The number of amides is 2. The fraction of sp³-hybridized carbons (Fsp3) is 0.200. The zero-order valence-corrected chi connectivity index (χ0v) is 16.3. The van der Waals surface area contributed by atoms with E-state index in [4.69, 9.17) is 4.74 Å². The van der Waals surface area contributed by atoms with Crippen LogP contribution in [0.2, 0.25) is 0 Å². The molecule has 0 fully saturated rings. The summed E-state index contributed by atoms with van der Waals surface area (Å²) in [5, 5.41) is 5.54. The number of halogens is 1. The van der Waals surface area contributed by atoms with Crippen LogP contribution in [0.15, 0.2) is 53.0 Å². The Morgan fingerprint density at radius 2 is 1.88 bits per heavy atom. The fourth-order valence-electron chi connectivity index (χ4n) is 2.23. The second-order valence-corrected chi connectivity index (χ2v) is 6.57. The summed E-state index contributed by atoms with van der Waals surface area (Å²) in [6.07, 6.45) is 3.36. The van der Waals surface area contributed by atoms with Crippen molar-refractivity contribution in [2.24, 2.45) is 0 Å². The topological polar surface area (TPSA) is 67.4 Å². The van der Waals surface area contributed by atoms with Gasteiger partial charge in [0.25, 0.3) is 0 Å². The number of carbonyl (C=O) groups excluding carboxylic acids is 2. The summed E-state index contributed by atoms with van der Waals surface area (Å²) in [5.74, 6) is 0.377. The second-order valence-electron chi connectivity index (χ2n) is 5.65. The minimum Gasteiger partial charge on any atom is -0.497 e. The third-order valence-electron chi connectivity index (χ3n) is 3.66. The smallest absolute Gasteiger partial charge is 0.244 e. The third-order valence-corrected chi connectivity index (χ3v) is 4.15. The first kappa shape index (κ1) is 19.7. The maximum atomic E-state index is 12.0. The van der Waals surface area contributed by atoms with Crippen LogP contribution in [0.5, 0.6) is 5.75 Å². The maximum absolute atomic E-state index is 12.0. The van der Waals surface area contributed by atoms with Crippen LogP contribution < -0.4 is 15.4 Å². The lowest BCUT2D eigenvalue weighted by atomic mass is 10.2. The molecule has 0 saturated carbocycles. The fourth-order valence-corrected chi connectivity index (χ4v) is 2.70. The first-order valence-corrected chi connectivity index (χ1v) is 8.93. The summed E-state index contributed by atoms with van der Waals surface area (Å²) in [5.41, 5.74) is 2.63. The van der Waals surface area contributed by atoms with E-state index in [1.807, 2.05) is 49.4 Å². The molecule has 2 rings (SSSR count). The Balaban J connectivity index is 1.74. The molecule has 0 aliphatic heterocycles. The van der Waals surface area contributed by atoms with Gasteiger partial charge < -0.3 is 15.4 Å². The van der Waals surface area contributed by atoms with E-state index in [0.29, 0.717) is 0 Å². The summed E-state index contributed by atoms with van der Waals surface area (Å²) in [7, 11) is 1.60. The molecule has 0 aliphatic carbocycles. The van der Waals surface area contributed by atoms with Gasteiger partial charge in [0.15, 0.2) is 0 Å². The van der Waals surface area contributed by atoms with Crippen LogP contribution in [0.4, 0.5) is 5.69 Å². The highest BCUT2D eigenvalue weighted by Gasteiger charge is 2.05. The van der Waals surface area contributed by atoms with Crippen molar-refractivity contribution in [1.29, 1.82) is 0 Å². The minimum absolute atomic E-state index is 0.144. The summed E-state index contributed by atoms with van der Waals surface area (Å²) >= 11 is 3.39. The van der Waals surface area contributed by atoms with E-state index in [-0.39, 0.29) is 24.8 Å². The number of aryl methyl sites for hydroxylation is 1. The average molecular weight is 417 g/mol. The number of benzene rings is 2. The minimum atomic E-state index is -0.242. The number of methoxy groups -OCH3 is 1. The van der Waals surface area contributed by atoms with Crippen LogP contribution in [0.3, 0.4) is 0 Å². The molecule has 2 amide bonds. The largest absolute Gasteiger partial charge is 0.497 e. The summed E-state index contributed by atoms with van der Waals surface area (Å²) in [6, 6.07) is 13.0. The van der Waals surface area contributed by atoms with Crippen molar-refractivity contribution < 1.29 is 14.3 Å². The first-order valence-electron chi connectivity index (χ1n) is 8.14. The zero-order chi connectivity index (χ0) is 18.9. The normalized spacial score (nSPS) is 10.6. The number of hydrogen-bond donors (Lipinski definition) is 2. The Kier molecular flexibility index (Phi) is 7.41. The van der Waals surface area contributed by atoms with Gasteiger partial charge in [0, 0.05) is 29.2 Å². The molecule has 0 saturated heterocycles. The van der Waals surface area contributed by atoms with E-state index < -0.39 is 0 Å². The Hall–Kier alpha value is -2.60. The van der Waals surface area contributed by atoms with Crippen molar-refractivity contribution in [1.82, 2.24) is 5.32 Å². The highest BCUT2D eigenvalue weighted by molar-refractivity contribution is 9.10. The Labute approximate surface area is 161 Å². The standard InChI is InChI=1S/C20H21BrN2O3/c1-14-13-16(21)6-9-18(14)23-20(25)11-12-22-19(24)10-5-15-3-7-17(26-2)8-4-15/h3-10,13H,11-12H2,1-2H3,(H,22,24)(H,23,25)/b10-5+. The molecule has 136 valence electrons. The van der Waals surface area contributed by atoms with Gasteiger partial charge >= 0.3 is 0 Å². The van der Waals surface area contributed by atoms with Gasteiger partial charge in [0.1, 0.15) is 5.75 Å². The van der Waals surface area contributed by atoms with Gasteiger partial charge in [-0.1, -0.05) is 28.1 Å². The van der Waals surface area contributed by atoms with Gasteiger partial charge in [0.05, 0.1) is 7.11 Å². The molecule has 2 N–H and O–H groups in total. The lowest BCUT2D eigenvalue weighted by Gasteiger charge is -2.09. The average Bonchev–Trinajstić information content (AvgIpc) is 2.63. The van der Waals surface area contributed by atoms with Crippen molar-refractivity contribution in [2.75, 3.05) is 19.0 Å². The molecular formula is C20H21BrN2O3. The van der Waals surface area contributed by atoms with Gasteiger partial charge in [-0.25, -0.2) is 0 Å². The number of hydrogen-bond acceptors (Lipinski definition) is 3. The van der Waals surface area contributed by atoms with Crippen molar-refractivity contribution in [2.45, 2.75) is 13.3 Å². The number of nitrogens with one attached hydrogen (secondary N) is 2. The molecule has 0 aromatic heterocycles. The van der Waals surface area contributed by atoms with Gasteiger partial charge in [-0.3, -0.25) is 9.59 Å². The van der Waals surface area contributed by atoms with Crippen LogP contribution in [0, 0.1) is 6.92 Å². The van der Waals surface area contributed by atoms with E-state index in [1.165, 1.54) is 6.08 Å². The van der Waals surface area contributed by atoms with Crippen LogP contribution in [0.25, 0.3) is 6.08 Å². The predicted molar refractivity (Wildman–Crippen MR) is 107 cm³/mol.